The van der Waals surface area contributed by atoms with Gasteiger partial charge in [0.1, 0.15) is 11.5 Å². The Kier molecular flexibility index (Phi) is 6.69. The Hall–Kier alpha value is -2.11. The van der Waals surface area contributed by atoms with Crippen molar-refractivity contribution in [3.8, 4) is 11.3 Å². The molecule has 1 aliphatic heterocycles. The van der Waals surface area contributed by atoms with E-state index >= 15 is 0 Å². The fourth-order valence-electron chi connectivity index (χ4n) is 3.78. The van der Waals surface area contributed by atoms with Gasteiger partial charge in [-0.3, -0.25) is 4.79 Å². The van der Waals surface area contributed by atoms with Crippen molar-refractivity contribution in [2.45, 2.75) is 19.8 Å². The van der Waals surface area contributed by atoms with Crippen LogP contribution in [0.2, 0.25) is 0 Å². The summed E-state index contributed by atoms with van der Waals surface area (Å²) < 4.78 is 10.8. The first-order valence-corrected chi connectivity index (χ1v) is 9.70. The molecule has 1 aliphatic rings. The molecule has 1 atom stereocenters. The summed E-state index contributed by atoms with van der Waals surface area (Å²) in [5.74, 6) is 2.32. The SMILES string of the molecule is COCCN1CCCC(CN(C)C(=O)c2ccc(-c3ccc(C)o3)cc2)C1. The van der Waals surface area contributed by atoms with E-state index in [1.54, 1.807) is 7.11 Å². The Balaban J connectivity index is 1.56. The topological polar surface area (TPSA) is 45.9 Å². The van der Waals surface area contributed by atoms with Crippen LogP contribution in [0.15, 0.2) is 40.8 Å². The Morgan fingerprint density at radius 3 is 2.70 bits per heavy atom. The third kappa shape index (κ3) is 5.21. The van der Waals surface area contributed by atoms with Crippen LogP contribution in [0.5, 0.6) is 0 Å². The average molecular weight is 370 g/mol. The predicted octanol–water partition coefficient (Wildman–Crippen LogP) is 3.69. The van der Waals surface area contributed by atoms with Gasteiger partial charge in [0, 0.05) is 44.9 Å². The molecule has 3 rings (SSSR count). The molecular weight excluding hydrogens is 340 g/mol. The minimum Gasteiger partial charge on any atom is -0.461 e. The molecule has 5 heteroatoms. The second kappa shape index (κ2) is 9.20. The summed E-state index contributed by atoms with van der Waals surface area (Å²) in [6, 6.07) is 11.6. The predicted molar refractivity (Wildman–Crippen MR) is 107 cm³/mol. The van der Waals surface area contributed by atoms with Crippen LogP contribution in [0.4, 0.5) is 0 Å². The molecule has 0 spiro atoms. The monoisotopic (exact) mass is 370 g/mol. The van der Waals surface area contributed by atoms with Gasteiger partial charge in [-0.15, -0.1) is 0 Å². The summed E-state index contributed by atoms with van der Waals surface area (Å²) in [5, 5.41) is 0. The molecule has 1 saturated heterocycles. The van der Waals surface area contributed by atoms with Crippen molar-refractivity contribution >= 4 is 5.91 Å². The van der Waals surface area contributed by atoms with Crippen molar-refractivity contribution in [1.82, 2.24) is 9.80 Å². The second-order valence-corrected chi connectivity index (χ2v) is 7.47. The van der Waals surface area contributed by atoms with E-state index in [4.69, 9.17) is 9.15 Å². The van der Waals surface area contributed by atoms with Crippen LogP contribution < -0.4 is 0 Å². The largest absolute Gasteiger partial charge is 0.461 e. The molecule has 1 unspecified atom stereocenters. The lowest BCUT2D eigenvalue weighted by Gasteiger charge is -2.34. The highest BCUT2D eigenvalue weighted by Gasteiger charge is 2.23. The van der Waals surface area contributed by atoms with Crippen LogP contribution >= 0.6 is 0 Å². The molecule has 0 radical (unpaired) electrons. The zero-order chi connectivity index (χ0) is 19.2. The third-order valence-electron chi connectivity index (χ3n) is 5.25. The fraction of sp³-hybridized carbons (Fsp3) is 0.500. The van der Waals surface area contributed by atoms with E-state index in [0.717, 1.165) is 55.4 Å². The average Bonchev–Trinajstić information content (AvgIpc) is 3.12. The maximum Gasteiger partial charge on any atom is 0.253 e. The normalized spacial score (nSPS) is 17.8. The van der Waals surface area contributed by atoms with Crippen LogP contribution in [0, 0.1) is 12.8 Å². The van der Waals surface area contributed by atoms with E-state index < -0.39 is 0 Å². The van der Waals surface area contributed by atoms with Crippen molar-refractivity contribution in [2.75, 3.05) is 46.9 Å². The minimum atomic E-state index is 0.0752. The molecule has 0 N–H and O–H groups in total. The zero-order valence-electron chi connectivity index (χ0n) is 16.6. The number of ether oxygens (including phenoxy) is 1. The highest BCUT2D eigenvalue weighted by atomic mass is 16.5. The molecule has 0 saturated carbocycles. The lowest BCUT2D eigenvalue weighted by Crippen LogP contribution is -2.42. The summed E-state index contributed by atoms with van der Waals surface area (Å²) in [4.78, 5) is 17.1. The van der Waals surface area contributed by atoms with Crippen molar-refractivity contribution < 1.29 is 13.9 Å². The number of piperidine rings is 1. The van der Waals surface area contributed by atoms with E-state index in [1.807, 2.05) is 55.3 Å². The summed E-state index contributed by atoms with van der Waals surface area (Å²) >= 11 is 0. The van der Waals surface area contributed by atoms with Crippen LogP contribution in [-0.4, -0.2) is 62.7 Å². The number of aryl methyl sites for hydroxylation is 1. The highest BCUT2D eigenvalue weighted by Crippen LogP contribution is 2.23. The molecule has 27 heavy (non-hydrogen) atoms. The van der Waals surface area contributed by atoms with Crippen LogP contribution in [-0.2, 0) is 4.74 Å². The molecule has 2 heterocycles. The maximum atomic E-state index is 12.8. The number of benzene rings is 1. The van der Waals surface area contributed by atoms with Crippen molar-refractivity contribution in [3.05, 3.63) is 47.7 Å². The first-order valence-electron chi connectivity index (χ1n) is 9.70. The Morgan fingerprint density at radius 1 is 1.26 bits per heavy atom. The number of furan rings is 1. The van der Waals surface area contributed by atoms with Gasteiger partial charge in [0.05, 0.1) is 6.61 Å². The Labute approximate surface area is 161 Å². The van der Waals surface area contributed by atoms with Gasteiger partial charge < -0.3 is 19.0 Å². The molecule has 2 aromatic rings. The minimum absolute atomic E-state index is 0.0752. The van der Waals surface area contributed by atoms with Gasteiger partial charge in [-0.1, -0.05) is 12.1 Å². The number of carbonyl (C=O) groups excluding carboxylic acids is 1. The molecule has 1 fully saturated rings. The first-order chi connectivity index (χ1) is 13.1. The van der Waals surface area contributed by atoms with E-state index in [2.05, 4.69) is 4.90 Å². The van der Waals surface area contributed by atoms with Gasteiger partial charge in [-0.2, -0.15) is 0 Å². The third-order valence-corrected chi connectivity index (χ3v) is 5.25. The van der Waals surface area contributed by atoms with Gasteiger partial charge in [-0.25, -0.2) is 0 Å². The Bertz CT molecular complexity index is 738. The van der Waals surface area contributed by atoms with Crippen molar-refractivity contribution in [1.29, 1.82) is 0 Å². The summed E-state index contributed by atoms with van der Waals surface area (Å²) in [5.41, 5.74) is 1.71. The quantitative estimate of drug-likeness (QED) is 0.746. The molecule has 0 bridgehead atoms. The van der Waals surface area contributed by atoms with Gasteiger partial charge in [0.2, 0.25) is 0 Å². The smallest absolute Gasteiger partial charge is 0.253 e. The zero-order valence-corrected chi connectivity index (χ0v) is 16.6. The van der Waals surface area contributed by atoms with E-state index in [0.29, 0.717) is 5.92 Å². The molecule has 0 aliphatic carbocycles. The lowest BCUT2D eigenvalue weighted by molar-refractivity contribution is 0.0703. The van der Waals surface area contributed by atoms with Crippen LogP contribution in [0.25, 0.3) is 11.3 Å². The number of rotatable bonds is 7. The highest BCUT2D eigenvalue weighted by molar-refractivity contribution is 5.94. The van der Waals surface area contributed by atoms with Gasteiger partial charge in [0.25, 0.3) is 5.91 Å². The summed E-state index contributed by atoms with van der Waals surface area (Å²) in [6.07, 6.45) is 2.37. The molecular formula is C22H30N2O3. The van der Waals surface area contributed by atoms with E-state index in [1.165, 1.54) is 12.8 Å². The lowest BCUT2D eigenvalue weighted by atomic mass is 9.97. The maximum absolute atomic E-state index is 12.8. The Morgan fingerprint density at radius 2 is 2.04 bits per heavy atom. The molecule has 146 valence electrons. The van der Waals surface area contributed by atoms with Gasteiger partial charge in [0.15, 0.2) is 0 Å². The van der Waals surface area contributed by atoms with E-state index in [-0.39, 0.29) is 5.91 Å². The first kappa shape index (κ1) is 19.6. The van der Waals surface area contributed by atoms with Crippen LogP contribution in [0.1, 0.15) is 29.0 Å². The van der Waals surface area contributed by atoms with Crippen molar-refractivity contribution in [2.24, 2.45) is 5.92 Å². The number of amides is 1. The number of hydrogen-bond donors (Lipinski definition) is 0. The van der Waals surface area contributed by atoms with Crippen molar-refractivity contribution in [3.63, 3.8) is 0 Å². The van der Waals surface area contributed by atoms with Crippen LogP contribution in [0.3, 0.4) is 0 Å². The van der Waals surface area contributed by atoms with Gasteiger partial charge in [-0.05, 0) is 56.5 Å². The molecule has 1 aromatic carbocycles. The summed E-state index contributed by atoms with van der Waals surface area (Å²) in [7, 11) is 3.65. The second-order valence-electron chi connectivity index (χ2n) is 7.47. The number of carbonyl (C=O) groups is 1. The number of methoxy groups -OCH3 is 1. The van der Waals surface area contributed by atoms with E-state index in [9.17, 15) is 4.79 Å². The molecule has 1 aromatic heterocycles. The number of nitrogens with zero attached hydrogens (tertiary/aromatic N) is 2. The summed E-state index contributed by atoms with van der Waals surface area (Å²) in [6.45, 7) is 6.63. The number of likely N-dealkylation sites (tertiary alicyclic amines) is 1. The van der Waals surface area contributed by atoms with Gasteiger partial charge >= 0.3 is 0 Å². The molecule has 5 nitrogen and oxygen atoms in total. The standard InChI is InChI=1S/C22H30N2O3/c1-17-6-11-21(27-17)19-7-9-20(10-8-19)22(25)23(2)15-18-5-4-12-24(16-18)13-14-26-3/h6-11,18H,4-5,12-16H2,1-3H3. The number of hydrogen-bond acceptors (Lipinski definition) is 4. The molecule has 1 amide bonds. The fourth-order valence-corrected chi connectivity index (χ4v) is 3.78.